The Labute approximate surface area is 244 Å². The summed E-state index contributed by atoms with van der Waals surface area (Å²) in [6.45, 7) is 2.13. The third-order valence-corrected chi connectivity index (χ3v) is 8.04. The molecule has 3 rings (SSSR count). The van der Waals surface area contributed by atoms with Crippen LogP contribution in [0.2, 0.25) is 5.02 Å². The number of nitrogens with one attached hydrogen (secondary N) is 1. The van der Waals surface area contributed by atoms with Crippen LogP contribution in [-0.2, 0) is 32.6 Å². The van der Waals surface area contributed by atoms with Gasteiger partial charge in [0.15, 0.2) is 0 Å². The van der Waals surface area contributed by atoms with Crippen LogP contribution in [0.5, 0.6) is 0 Å². The van der Waals surface area contributed by atoms with Crippen molar-refractivity contribution in [2.45, 2.75) is 38.8 Å². The van der Waals surface area contributed by atoms with Gasteiger partial charge in [-0.25, -0.2) is 8.42 Å². The van der Waals surface area contributed by atoms with E-state index in [2.05, 4.69) is 21.2 Å². The minimum absolute atomic E-state index is 0.0794. The number of carbonyl (C=O) groups is 2. The Hall–Kier alpha value is -2.88. The zero-order valence-corrected chi connectivity index (χ0v) is 25.2. The molecule has 0 aromatic heterocycles. The Bertz CT molecular complexity index is 1350. The zero-order valence-electron chi connectivity index (χ0n) is 22.0. The Kier molecular flexibility index (Phi) is 11.4. The number of sulfonamides is 1. The number of rotatable bonds is 13. The third kappa shape index (κ3) is 9.37. The summed E-state index contributed by atoms with van der Waals surface area (Å²) < 4.78 is 27.4. The second-order valence-corrected chi connectivity index (χ2v) is 12.5. The number of carbonyl (C=O) groups excluding carboxylic acids is 2. The zero-order chi connectivity index (χ0) is 28.4. The van der Waals surface area contributed by atoms with E-state index in [1.807, 2.05) is 43.3 Å². The lowest BCUT2D eigenvalue weighted by Gasteiger charge is -2.33. The van der Waals surface area contributed by atoms with E-state index in [0.717, 1.165) is 39.0 Å². The maximum Gasteiger partial charge on any atom is 0.244 e. The maximum absolute atomic E-state index is 14.0. The lowest BCUT2D eigenvalue weighted by atomic mass is 10.0. The second-order valence-electron chi connectivity index (χ2n) is 9.25. The van der Waals surface area contributed by atoms with E-state index >= 15 is 0 Å². The summed E-state index contributed by atoms with van der Waals surface area (Å²) in [7, 11) is -3.81. The predicted octanol–water partition coefficient (Wildman–Crippen LogP) is 5.42. The molecular formula is C29H33BrClN3O4S. The minimum atomic E-state index is -3.81. The first-order valence-corrected chi connectivity index (χ1v) is 15.7. The molecule has 208 valence electrons. The molecule has 0 aliphatic heterocycles. The van der Waals surface area contributed by atoms with Gasteiger partial charge in [-0.15, -0.1) is 0 Å². The summed E-state index contributed by atoms with van der Waals surface area (Å²) in [6.07, 6.45) is 3.04. The van der Waals surface area contributed by atoms with Gasteiger partial charge in [-0.2, -0.15) is 0 Å². The van der Waals surface area contributed by atoms with Crippen LogP contribution in [0.4, 0.5) is 5.69 Å². The molecule has 3 aromatic rings. The Morgan fingerprint density at radius 3 is 2.26 bits per heavy atom. The Morgan fingerprint density at radius 1 is 0.974 bits per heavy atom. The molecule has 0 saturated carbocycles. The molecule has 0 radical (unpaired) electrons. The van der Waals surface area contributed by atoms with Crippen LogP contribution in [0, 0.1) is 0 Å². The Balaban J connectivity index is 2.02. The summed E-state index contributed by atoms with van der Waals surface area (Å²) in [6, 6.07) is 22.3. The molecule has 0 heterocycles. The number of halogens is 2. The van der Waals surface area contributed by atoms with Crippen LogP contribution in [-0.4, -0.2) is 50.5 Å². The van der Waals surface area contributed by atoms with Gasteiger partial charge in [0.1, 0.15) is 12.6 Å². The van der Waals surface area contributed by atoms with E-state index in [-0.39, 0.29) is 18.9 Å². The van der Waals surface area contributed by atoms with E-state index in [0.29, 0.717) is 17.3 Å². The van der Waals surface area contributed by atoms with Crippen molar-refractivity contribution in [3.63, 3.8) is 0 Å². The van der Waals surface area contributed by atoms with Gasteiger partial charge >= 0.3 is 0 Å². The quantitative estimate of drug-likeness (QED) is 0.254. The average Bonchev–Trinajstić information content (AvgIpc) is 2.90. The van der Waals surface area contributed by atoms with Gasteiger partial charge in [0, 0.05) is 29.0 Å². The molecule has 1 N–H and O–H groups in total. The van der Waals surface area contributed by atoms with Crippen LogP contribution in [0.3, 0.4) is 0 Å². The van der Waals surface area contributed by atoms with Crippen LogP contribution < -0.4 is 9.62 Å². The molecule has 2 amide bonds. The summed E-state index contributed by atoms with van der Waals surface area (Å²) in [4.78, 5) is 29.0. The third-order valence-electron chi connectivity index (χ3n) is 6.14. The van der Waals surface area contributed by atoms with E-state index in [1.54, 1.807) is 42.5 Å². The molecule has 0 aliphatic carbocycles. The van der Waals surface area contributed by atoms with Crippen molar-refractivity contribution in [1.82, 2.24) is 10.2 Å². The van der Waals surface area contributed by atoms with E-state index in [4.69, 9.17) is 11.6 Å². The number of anilines is 1. The highest BCUT2D eigenvalue weighted by atomic mass is 79.9. The molecular weight excluding hydrogens is 602 g/mol. The molecule has 39 heavy (non-hydrogen) atoms. The SMILES string of the molecule is CCCCNC(=O)C(Cc1ccccc1)N(Cc1cccc(Cl)c1)C(=O)CN(c1ccc(Br)cc1)S(C)(=O)=O. The van der Waals surface area contributed by atoms with Crippen molar-refractivity contribution in [3.05, 3.63) is 99.5 Å². The fourth-order valence-corrected chi connectivity index (χ4v) is 5.44. The van der Waals surface area contributed by atoms with Gasteiger partial charge in [0.05, 0.1) is 11.9 Å². The summed E-state index contributed by atoms with van der Waals surface area (Å²) >= 11 is 9.58. The monoisotopic (exact) mass is 633 g/mol. The molecule has 0 saturated heterocycles. The summed E-state index contributed by atoms with van der Waals surface area (Å²) in [5, 5.41) is 3.46. The summed E-state index contributed by atoms with van der Waals surface area (Å²) in [5.41, 5.74) is 1.96. The lowest BCUT2D eigenvalue weighted by molar-refractivity contribution is -0.140. The fraction of sp³-hybridized carbons (Fsp3) is 0.310. The number of benzene rings is 3. The number of amides is 2. The van der Waals surface area contributed by atoms with Crippen molar-refractivity contribution in [1.29, 1.82) is 0 Å². The van der Waals surface area contributed by atoms with E-state index in [9.17, 15) is 18.0 Å². The number of nitrogens with zero attached hydrogens (tertiary/aromatic N) is 2. The molecule has 0 bridgehead atoms. The number of hydrogen-bond acceptors (Lipinski definition) is 4. The Morgan fingerprint density at radius 2 is 1.64 bits per heavy atom. The molecule has 0 spiro atoms. The first-order chi connectivity index (χ1) is 18.6. The number of hydrogen-bond donors (Lipinski definition) is 1. The molecule has 0 aliphatic rings. The van der Waals surface area contributed by atoms with E-state index in [1.165, 1.54) is 4.90 Å². The normalized spacial score (nSPS) is 12.0. The average molecular weight is 635 g/mol. The highest BCUT2D eigenvalue weighted by molar-refractivity contribution is 9.10. The largest absolute Gasteiger partial charge is 0.354 e. The van der Waals surface area contributed by atoms with Crippen LogP contribution >= 0.6 is 27.5 Å². The standard InChI is InChI=1S/C29H33BrClN3O4S/c1-3-4-17-32-29(36)27(19-22-9-6-5-7-10-22)33(20-23-11-8-12-25(31)18-23)28(35)21-34(39(2,37)38)26-15-13-24(30)14-16-26/h5-16,18,27H,3-4,17,19-21H2,1-2H3,(H,32,36). The molecule has 1 atom stereocenters. The first-order valence-electron chi connectivity index (χ1n) is 12.7. The second kappa shape index (κ2) is 14.5. The molecule has 7 nitrogen and oxygen atoms in total. The van der Waals surface area contributed by atoms with Crippen molar-refractivity contribution in [3.8, 4) is 0 Å². The van der Waals surface area contributed by atoms with E-state index < -0.39 is 28.5 Å². The van der Waals surface area contributed by atoms with Crippen molar-refractivity contribution >= 4 is 55.1 Å². The molecule has 1 unspecified atom stereocenters. The van der Waals surface area contributed by atoms with Crippen molar-refractivity contribution in [2.24, 2.45) is 0 Å². The predicted molar refractivity (Wildman–Crippen MR) is 160 cm³/mol. The van der Waals surface area contributed by atoms with Crippen LogP contribution in [0.1, 0.15) is 30.9 Å². The van der Waals surface area contributed by atoms with Crippen molar-refractivity contribution < 1.29 is 18.0 Å². The minimum Gasteiger partial charge on any atom is -0.354 e. The first kappa shape index (κ1) is 30.7. The highest BCUT2D eigenvalue weighted by Crippen LogP contribution is 2.23. The maximum atomic E-state index is 14.0. The highest BCUT2D eigenvalue weighted by Gasteiger charge is 2.33. The van der Waals surface area contributed by atoms with Gasteiger partial charge in [0.25, 0.3) is 0 Å². The lowest BCUT2D eigenvalue weighted by Crippen LogP contribution is -2.53. The van der Waals surface area contributed by atoms with Gasteiger partial charge in [-0.3, -0.25) is 13.9 Å². The van der Waals surface area contributed by atoms with Gasteiger partial charge in [0.2, 0.25) is 21.8 Å². The number of unbranched alkanes of at least 4 members (excludes halogenated alkanes) is 1. The van der Waals surface area contributed by atoms with Crippen LogP contribution in [0.25, 0.3) is 0 Å². The topological polar surface area (TPSA) is 86.8 Å². The van der Waals surface area contributed by atoms with Crippen molar-refractivity contribution in [2.75, 3.05) is 23.7 Å². The van der Waals surface area contributed by atoms with Gasteiger partial charge in [-0.1, -0.05) is 83.3 Å². The van der Waals surface area contributed by atoms with Gasteiger partial charge in [-0.05, 0) is 53.9 Å². The summed E-state index contributed by atoms with van der Waals surface area (Å²) in [5.74, 6) is -0.799. The smallest absolute Gasteiger partial charge is 0.244 e. The molecule has 10 heteroatoms. The fourth-order valence-electron chi connectivity index (χ4n) is 4.11. The van der Waals surface area contributed by atoms with Gasteiger partial charge < -0.3 is 10.2 Å². The molecule has 0 fully saturated rings. The molecule has 3 aromatic carbocycles. The van der Waals surface area contributed by atoms with Crippen LogP contribution in [0.15, 0.2) is 83.3 Å².